The highest BCUT2D eigenvalue weighted by atomic mass is 16.5. The van der Waals surface area contributed by atoms with Crippen LogP contribution in [0.4, 0.5) is 0 Å². The monoisotopic (exact) mass is 380 g/mol. The predicted molar refractivity (Wildman–Crippen MR) is 111 cm³/mol. The molecule has 0 saturated heterocycles. The summed E-state index contributed by atoms with van der Waals surface area (Å²) in [6.07, 6.45) is 2.90. The van der Waals surface area contributed by atoms with Gasteiger partial charge >= 0.3 is 0 Å². The van der Waals surface area contributed by atoms with E-state index < -0.39 is 0 Å². The number of hydrogen-bond acceptors (Lipinski definition) is 4. The Morgan fingerprint density at radius 2 is 1.82 bits per heavy atom. The van der Waals surface area contributed by atoms with Crippen molar-refractivity contribution in [2.45, 2.75) is 39.2 Å². The first kappa shape index (κ1) is 20.0. The van der Waals surface area contributed by atoms with E-state index in [1.165, 1.54) is 11.1 Å². The molecule has 0 saturated carbocycles. The molecule has 3 N–H and O–H groups in total. The number of carbonyl (C=O) groups excluding carboxylic acids is 1. The van der Waals surface area contributed by atoms with Crippen LogP contribution in [0.2, 0.25) is 0 Å². The number of hydrogen-bond donors (Lipinski definition) is 2. The van der Waals surface area contributed by atoms with Gasteiger partial charge in [0.15, 0.2) is 0 Å². The molecule has 1 atom stereocenters. The number of furan rings is 1. The van der Waals surface area contributed by atoms with Crippen molar-refractivity contribution >= 4 is 16.9 Å². The highest BCUT2D eigenvalue weighted by Gasteiger charge is 2.13. The molecule has 1 amide bonds. The van der Waals surface area contributed by atoms with Crippen LogP contribution in [0.1, 0.15) is 43.2 Å². The third-order valence-corrected chi connectivity index (χ3v) is 4.69. The van der Waals surface area contributed by atoms with E-state index in [0.717, 1.165) is 48.3 Å². The Kier molecular flexibility index (Phi) is 6.71. The molecular formula is C23H28N2O3. The number of rotatable bonds is 9. The third kappa shape index (κ3) is 5.14. The van der Waals surface area contributed by atoms with Crippen molar-refractivity contribution < 1.29 is 13.9 Å². The average molecular weight is 380 g/mol. The molecule has 3 rings (SSSR count). The quantitative estimate of drug-likeness (QED) is 0.585. The Labute approximate surface area is 165 Å². The van der Waals surface area contributed by atoms with Crippen molar-refractivity contribution in [3.63, 3.8) is 0 Å². The summed E-state index contributed by atoms with van der Waals surface area (Å²) in [6, 6.07) is 16.3. The Bertz CT molecular complexity index is 915. The first-order valence-corrected chi connectivity index (χ1v) is 9.82. The Morgan fingerprint density at radius 3 is 2.54 bits per heavy atom. The van der Waals surface area contributed by atoms with Gasteiger partial charge in [-0.2, -0.15) is 0 Å². The van der Waals surface area contributed by atoms with Crippen LogP contribution < -0.4 is 15.8 Å². The number of benzene rings is 2. The summed E-state index contributed by atoms with van der Waals surface area (Å²) in [6.45, 7) is 4.71. The molecule has 28 heavy (non-hydrogen) atoms. The highest BCUT2D eigenvalue weighted by Crippen LogP contribution is 2.25. The molecule has 1 aromatic heterocycles. The van der Waals surface area contributed by atoms with E-state index in [9.17, 15) is 4.79 Å². The second kappa shape index (κ2) is 9.42. The number of nitrogens with one attached hydrogen (secondary N) is 1. The number of fused-ring (bicyclic) bond motifs is 1. The molecule has 0 aliphatic carbocycles. The normalized spacial score (nSPS) is 12.1. The van der Waals surface area contributed by atoms with Gasteiger partial charge in [0.25, 0.3) is 0 Å². The fourth-order valence-electron chi connectivity index (χ4n) is 3.10. The molecule has 0 aliphatic heterocycles. The van der Waals surface area contributed by atoms with Crippen LogP contribution in [0, 0.1) is 0 Å². The van der Waals surface area contributed by atoms with Gasteiger partial charge in [0.1, 0.15) is 17.1 Å². The maximum absolute atomic E-state index is 11.5. The zero-order valence-corrected chi connectivity index (χ0v) is 16.5. The molecule has 3 aromatic rings. The Hall–Kier alpha value is -2.79. The van der Waals surface area contributed by atoms with E-state index in [0.29, 0.717) is 0 Å². The van der Waals surface area contributed by atoms with Crippen molar-refractivity contribution in [1.29, 1.82) is 0 Å². The lowest BCUT2D eigenvalue weighted by molar-refractivity contribution is -0.120. The summed E-state index contributed by atoms with van der Waals surface area (Å²) < 4.78 is 11.6. The van der Waals surface area contributed by atoms with E-state index in [1.807, 2.05) is 25.1 Å². The summed E-state index contributed by atoms with van der Waals surface area (Å²) in [5.74, 6) is 1.46. The molecule has 1 unspecified atom stereocenters. The number of amides is 1. The SMILES string of the molecule is CCCOc1ccc(CCc2ccc3cc(C(C)NC(=O)CN)oc3c2)cc1. The summed E-state index contributed by atoms with van der Waals surface area (Å²) in [5.41, 5.74) is 8.69. The number of ether oxygens (including phenoxy) is 1. The molecule has 2 aromatic carbocycles. The maximum Gasteiger partial charge on any atom is 0.234 e. The number of aryl methyl sites for hydroxylation is 2. The lowest BCUT2D eigenvalue weighted by Gasteiger charge is -2.09. The molecule has 0 fully saturated rings. The van der Waals surface area contributed by atoms with Gasteiger partial charge in [-0.3, -0.25) is 4.79 Å². The van der Waals surface area contributed by atoms with Crippen molar-refractivity contribution in [2.24, 2.45) is 5.73 Å². The number of carbonyl (C=O) groups is 1. The minimum Gasteiger partial charge on any atom is -0.494 e. The lowest BCUT2D eigenvalue weighted by Crippen LogP contribution is -2.32. The summed E-state index contributed by atoms with van der Waals surface area (Å²) in [5, 5.41) is 3.85. The van der Waals surface area contributed by atoms with Crippen LogP contribution >= 0.6 is 0 Å². The summed E-state index contributed by atoms with van der Waals surface area (Å²) in [4.78, 5) is 11.5. The Morgan fingerprint density at radius 1 is 1.11 bits per heavy atom. The fraction of sp³-hybridized carbons (Fsp3) is 0.348. The fourth-order valence-corrected chi connectivity index (χ4v) is 3.10. The Balaban J connectivity index is 1.63. The van der Waals surface area contributed by atoms with Crippen molar-refractivity contribution in [3.8, 4) is 5.75 Å². The first-order chi connectivity index (χ1) is 13.6. The van der Waals surface area contributed by atoms with E-state index in [4.69, 9.17) is 14.9 Å². The molecule has 5 nitrogen and oxygen atoms in total. The van der Waals surface area contributed by atoms with Crippen molar-refractivity contribution in [2.75, 3.05) is 13.2 Å². The highest BCUT2D eigenvalue weighted by molar-refractivity contribution is 5.80. The smallest absolute Gasteiger partial charge is 0.234 e. The zero-order valence-electron chi connectivity index (χ0n) is 16.5. The van der Waals surface area contributed by atoms with E-state index in [2.05, 4.69) is 42.6 Å². The van der Waals surface area contributed by atoms with Crippen molar-refractivity contribution in [3.05, 3.63) is 65.4 Å². The van der Waals surface area contributed by atoms with Crippen LogP contribution in [0.25, 0.3) is 11.0 Å². The van der Waals surface area contributed by atoms with Crippen LogP contribution in [0.3, 0.4) is 0 Å². The summed E-state index contributed by atoms with van der Waals surface area (Å²) >= 11 is 0. The van der Waals surface area contributed by atoms with Gasteiger partial charge in [0.2, 0.25) is 5.91 Å². The maximum atomic E-state index is 11.5. The molecular weight excluding hydrogens is 352 g/mol. The number of nitrogens with two attached hydrogens (primary N) is 1. The van der Waals surface area contributed by atoms with Gasteiger partial charge in [-0.1, -0.05) is 31.2 Å². The third-order valence-electron chi connectivity index (χ3n) is 4.69. The van der Waals surface area contributed by atoms with Crippen molar-refractivity contribution in [1.82, 2.24) is 5.32 Å². The summed E-state index contributed by atoms with van der Waals surface area (Å²) in [7, 11) is 0. The molecule has 0 aliphatic rings. The molecule has 0 spiro atoms. The van der Waals surface area contributed by atoms with Crippen LogP contribution in [0.5, 0.6) is 5.75 Å². The van der Waals surface area contributed by atoms with Crippen LogP contribution in [-0.2, 0) is 17.6 Å². The lowest BCUT2D eigenvalue weighted by atomic mass is 10.0. The van der Waals surface area contributed by atoms with Gasteiger partial charge < -0.3 is 20.2 Å². The standard InChI is InChI=1S/C23H28N2O3/c1-3-12-27-20-10-7-17(8-11-20)4-5-18-6-9-19-14-21(28-22(19)13-18)16(2)25-23(26)15-24/h6-11,13-14,16H,3-5,12,15,24H2,1-2H3,(H,25,26). The first-order valence-electron chi connectivity index (χ1n) is 9.82. The topological polar surface area (TPSA) is 77.5 Å². The largest absolute Gasteiger partial charge is 0.494 e. The van der Waals surface area contributed by atoms with Gasteiger partial charge in [-0.15, -0.1) is 0 Å². The minimum absolute atomic E-state index is 0.0274. The van der Waals surface area contributed by atoms with Gasteiger partial charge in [0.05, 0.1) is 19.2 Å². The van der Waals surface area contributed by atoms with Gasteiger partial charge in [-0.25, -0.2) is 0 Å². The molecule has 1 heterocycles. The average Bonchev–Trinajstić information content (AvgIpc) is 3.15. The second-order valence-corrected chi connectivity index (χ2v) is 7.01. The molecule has 0 bridgehead atoms. The van der Waals surface area contributed by atoms with Crippen LogP contribution in [0.15, 0.2) is 52.9 Å². The van der Waals surface area contributed by atoms with E-state index in [1.54, 1.807) is 0 Å². The molecule has 5 heteroatoms. The molecule has 148 valence electrons. The van der Waals surface area contributed by atoms with E-state index >= 15 is 0 Å². The van der Waals surface area contributed by atoms with E-state index in [-0.39, 0.29) is 18.5 Å². The predicted octanol–water partition coefficient (Wildman–Crippen LogP) is 4.14. The molecule has 0 radical (unpaired) electrons. The second-order valence-electron chi connectivity index (χ2n) is 7.01. The van der Waals surface area contributed by atoms with Gasteiger partial charge in [-0.05, 0) is 61.6 Å². The minimum atomic E-state index is -0.208. The van der Waals surface area contributed by atoms with Crippen LogP contribution in [-0.4, -0.2) is 19.1 Å². The zero-order chi connectivity index (χ0) is 19.9. The van der Waals surface area contributed by atoms with Gasteiger partial charge in [0, 0.05) is 5.39 Å².